The van der Waals surface area contributed by atoms with Crippen LogP contribution in [0.5, 0.6) is 0 Å². The largest absolute Gasteiger partial charge is 0.461 e. The Balaban J connectivity index is 1.60. The molecule has 0 radical (unpaired) electrons. The molecular weight excluding hydrogens is 330 g/mol. The third-order valence-corrected chi connectivity index (χ3v) is 4.79. The van der Waals surface area contributed by atoms with Crippen molar-refractivity contribution in [1.82, 2.24) is 4.90 Å². The number of hydrogen-bond donors (Lipinski definition) is 0. The van der Waals surface area contributed by atoms with E-state index in [2.05, 4.69) is 0 Å². The van der Waals surface area contributed by atoms with Crippen molar-refractivity contribution in [2.24, 2.45) is 5.92 Å². The van der Waals surface area contributed by atoms with E-state index in [1.54, 1.807) is 31.2 Å². The summed E-state index contributed by atoms with van der Waals surface area (Å²) in [6, 6.07) is 15.8. The number of hydrogen-bond acceptors (Lipinski definition) is 4. The van der Waals surface area contributed by atoms with Gasteiger partial charge in [-0.05, 0) is 30.5 Å². The molecule has 1 aliphatic rings. The van der Waals surface area contributed by atoms with Crippen molar-refractivity contribution in [1.29, 1.82) is 0 Å². The first-order chi connectivity index (χ1) is 12.5. The lowest BCUT2D eigenvalue weighted by Gasteiger charge is -2.27. The van der Waals surface area contributed by atoms with Gasteiger partial charge in [0.25, 0.3) is 11.8 Å². The van der Waals surface area contributed by atoms with E-state index in [0.717, 1.165) is 5.56 Å². The van der Waals surface area contributed by atoms with Crippen LogP contribution in [-0.4, -0.2) is 28.7 Å². The topological polar surface area (TPSA) is 63.7 Å². The normalized spacial score (nSPS) is 15.5. The van der Waals surface area contributed by atoms with E-state index >= 15 is 0 Å². The number of fused-ring (bicyclic) bond motifs is 1. The molecule has 1 aliphatic heterocycles. The van der Waals surface area contributed by atoms with Gasteiger partial charge >= 0.3 is 5.97 Å². The maximum Gasteiger partial charge on any atom is 0.306 e. The van der Waals surface area contributed by atoms with Crippen LogP contribution < -0.4 is 0 Å². The molecule has 5 heteroatoms. The lowest BCUT2D eigenvalue weighted by Crippen LogP contribution is -2.42. The second-order valence-corrected chi connectivity index (χ2v) is 6.59. The molecule has 0 N–H and O–H groups in total. The molecule has 0 aromatic heterocycles. The Hall–Kier alpha value is -2.95. The summed E-state index contributed by atoms with van der Waals surface area (Å²) in [6.45, 7) is 3.85. The van der Waals surface area contributed by atoms with Crippen molar-refractivity contribution >= 4 is 17.8 Å². The van der Waals surface area contributed by atoms with Crippen molar-refractivity contribution in [2.75, 3.05) is 0 Å². The maximum absolute atomic E-state index is 12.5. The van der Waals surface area contributed by atoms with Crippen LogP contribution >= 0.6 is 0 Å². The maximum atomic E-state index is 12.5. The van der Waals surface area contributed by atoms with Gasteiger partial charge in [0.1, 0.15) is 6.61 Å². The monoisotopic (exact) mass is 351 g/mol. The highest BCUT2D eigenvalue weighted by atomic mass is 16.5. The van der Waals surface area contributed by atoms with Crippen LogP contribution in [0.3, 0.4) is 0 Å². The second-order valence-electron chi connectivity index (χ2n) is 6.59. The number of nitrogens with zero attached hydrogens (tertiary/aromatic N) is 1. The summed E-state index contributed by atoms with van der Waals surface area (Å²) in [6.07, 6.45) is 0.140. The molecule has 2 atom stereocenters. The minimum Gasteiger partial charge on any atom is -0.461 e. The molecule has 26 heavy (non-hydrogen) atoms. The minimum atomic E-state index is -0.397. The first-order valence-electron chi connectivity index (χ1n) is 8.65. The van der Waals surface area contributed by atoms with Crippen LogP contribution in [0.2, 0.25) is 0 Å². The number of rotatable bonds is 6. The van der Waals surface area contributed by atoms with Crippen LogP contribution in [0.15, 0.2) is 54.6 Å². The lowest BCUT2D eigenvalue weighted by molar-refractivity contribution is -0.146. The highest BCUT2D eigenvalue weighted by Gasteiger charge is 2.40. The Morgan fingerprint density at radius 1 is 0.923 bits per heavy atom. The van der Waals surface area contributed by atoms with E-state index in [-0.39, 0.29) is 36.7 Å². The number of amides is 2. The Morgan fingerprint density at radius 3 is 2.04 bits per heavy atom. The Morgan fingerprint density at radius 2 is 1.46 bits per heavy atom. The van der Waals surface area contributed by atoms with Gasteiger partial charge in [0.2, 0.25) is 0 Å². The zero-order valence-electron chi connectivity index (χ0n) is 14.8. The van der Waals surface area contributed by atoms with Crippen LogP contribution in [0.25, 0.3) is 0 Å². The first-order valence-corrected chi connectivity index (χ1v) is 8.65. The van der Waals surface area contributed by atoms with Gasteiger partial charge in [-0.1, -0.05) is 49.4 Å². The number of carbonyl (C=O) groups excluding carboxylic acids is 3. The molecule has 2 amide bonds. The summed E-state index contributed by atoms with van der Waals surface area (Å²) >= 11 is 0. The number of ether oxygens (including phenoxy) is 1. The fourth-order valence-corrected chi connectivity index (χ4v) is 3.06. The predicted octanol–water partition coefficient (Wildman–Crippen LogP) is 3.44. The minimum absolute atomic E-state index is 0.140. The SMILES string of the molecule is CC([C@H](C)CC(=O)OCc1ccccc1)N1C(=O)c2ccccc2C1=O. The summed E-state index contributed by atoms with van der Waals surface area (Å²) in [5.74, 6) is -1.16. The van der Waals surface area contributed by atoms with Gasteiger partial charge < -0.3 is 4.74 Å². The van der Waals surface area contributed by atoms with E-state index in [0.29, 0.717) is 11.1 Å². The molecule has 0 aliphatic carbocycles. The molecule has 0 spiro atoms. The van der Waals surface area contributed by atoms with Crippen molar-refractivity contribution in [2.45, 2.75) is 32.9 Å². The Kier molecular flexibility index (Phi) is 5.16. The highest BCUT2D eigenvalue weighted by Crippen LogP contribution is 2.28. The molecule has 1 heterocycles. The van der Waals surface area contributed by atoms with Crippen molar-refractivity contribution in [3.8, 4) is 0 Å². The van der Waals surface area contributed by atoms with Crippen LogP contribution in [-0.2, 0) is 16.1 Å². The zero-order valence-corrected chi connectivity index (χ0v) is 14.8. The van der Waals surface area contributed by atoms with E-state index in [9.17, 15) is 14.4 Å². The summed E-state index contributed by atoms with van der Waals surface area (Å²) in [5.41, 5.74) is 1.76. The third-order valence-electron chi connectivity index (χ3n) is 4.79. The highest BCUT2D eigenvalue weighted by molar-refractivity contribution is 6.21. The van der Waals surface area contributed by atoms with Crippen molar-refractivity contribution in [3.63, 3.8) is 0 Å². The van der Waals surface area contributed by atoms with Gasteiger partial charge in [-0.2, -0.15) is 0 Å². The number of carbonyl (C=O) groups is 3. The molecule has 134 valence electrons. The van der Waals surface area contributed by atoms with Gasteiger partial charge in [0.15, 0.2) is 0 Å². The van der Waals surface area contributed by atoms with Gasteiger partial charge in [-0.15, -0.1) is 0 Å². The molecule has 5 nitrogen and oxygen atoms in total. The van der Waals surface area contributed by atoms with Gasteiger partial charge in [-0.25, -0.2) is 0 Å². The fourth-order valence-electron chi connectivity index (χ4n) is 3.06. The smallest absolute Gasteiger partial charge is 0.306 e. The third kappa shape index (κ3) is 3.52. The molecule has 0 bridgehead atoms. The summed E-state index contributed by atoms with van der Waals surface area (Å²) in [4.78, 5) is 38.4. The van der Waals surface area contributed by atoms with Crippen LogP contribution in [0, 0.1) is 5.92 Å². The summed E-state index contributed by atoms with van der Waals surface area (Å²) in [5, 5.41) is 0. The molecule has 0 saturated carbocycles. The molecule has 0 saturated heterocycles. The number of esters is 1. The quantitative estimate of drug-likeness (QED) is 0.591. The van der Waals surface area contributed by atoms with E-state index in [1.807, 2.05) is 37.3 Å². The molecule has 2 aromatic rings. The van der Waals surface area contributed by atoms with Crippen LogP contribution in [0.1, 0.15) is 46.5 Å². The molecule has 3 rings (SSSR count). The zero-order chi connectivity index (χ0) is 18.7. The average Bonchev–Trinajstić information content (AvgIpc) is 2.91. The molecule has 1 unspecified atom stereocenters. The Bertz CT molecular complexity index is 796. The van der Waals surface area contributed by atoms with E-state index in [4.69, 9.17) is 4.74 Å². The van der Waals surface area contributed by atoms with E-state index in [1.165, 1.54) is 4.90 Å². The van der Waals surface area contributed by atoms with Gasteiger partial charge in [0.05, 0.1) is 17.5 Å². The molecular formula is C21H21NO4. The Labute approximate surface area is 152 Å². The summed E-state index contributed by atoms with van der Waals surface area (Å²) in [7, 11) is 0. The van der Waals surface area contributed by atoms with Crippen molar-refractivity contribution < 1.29 is 19.1 Å². The standard InChI is InChI=1S/C21H21NO4/c1-14(12-19(23)26-13-16-8-4-3-5-9-16)15(2)22-20(24)17-10-6-7-11-18(17)21(22)25/h3-11,14-15H,12-13H2,1-2H3/t14-,15?/m1/s1. The van der Waals surface area contributed by atoms with Gasteiger partial charge in [-0.3, -0.25) is 19.3 Å². The number of benzene rings is 2. The van der Waals surface area contributed by atoms with Crippen LogP contribution in [0.4, 0.5) is 0 Å². The lowest BCUT2D eigenvalue weighted by atomic mass is 9.98. The predicted molar refractivity (Wildman–Crippen MR) is 96.4 cm³/mol. The molecule has 0 fully saturated rings. The summed E-state index contributed by atoms with van der Waals surface area (Å²) < 4.78 is 5.30. The fraction of sp³-hybridized carbons (Fsp3) is 0.286. The number of imide groups is 1. The first kappa shape index (κ1) is 17.9. The second kappa shape index (κ2) is 7.52. The van der Waals surface area contributed by atoms with Crippen molar-refractivity contribution in [3.05, 3.63) is 71.3 Å². The van der Waals surface area contributed by atoms with E-state index < -0.39 is 6.04 Å². The average molecular weight is 351 g/mol. The molecule has 2 aromatic carbocycles. The van der Waals surface area contributed by atoms with Gasteiger partial charge in [0, 0.05) is 6.04 Å².